The van der Waals surface area contributed by atoms with Gasteiger partial charge in [0.25, 0.3) is 5.69 Å². The molecule has 5 nitrogen and oxygen atoms in total. The molecule has 0 amide bonds. The lowest BCUT2D eigenvalue weighted by atomic mass is 10.1. The van der Waals surface area contributed by atoms with Gasteiger partial charge in [0.05, 0.1) is 24.7 Å². The van der Waals surface area contributed by atoms with Crippen molar-refractivity contribution in [3.8, 4) is 11.5 Å². The molecule has 0 aromatic heterocycles. The van der Waals surface area contributed by atoms with Gasteiger partial charge >= 0.3 is 0 Å². The molecule has 0 saturated carbocycles. The van der Waals surface area contributed by atoms with Crippen molar-refractivity contribution in [1.82, 2.24) is 0 Å². The lowest BCUT2D eigenvalue weighted by molar-refractivity contribution is -0.384. The fraction of sp³-hybridized carbons (Fsp3) is 0.538. The molecule has 6 heteroatoms. The van der Waals surface area contributed by atoms with Crippen LogP contribution in [0.3, 0.4) is 0 Å². The molecule has 0 saturated heterocycles. The van der Waals surface area contributed by atoms with Gasteiger partial charge in [0, 0.05) is 11.9 Å². The third kappa shape index (κ3) is 4.95. The first kappa shape index (κ1) is 15.6. The fourth-order valence-corrected chi connectivity index (χ4v) is 1.96. The highest BCUT2D eigenvalue weighted by atomic mass is 35.5. The number of ether oxygens (including phenoxy) is 2. The first-order valence-corrected chi connectivity index (χ1v) is 6.63. The number of nitro groups is 1. The zero-order valence-corrected chi connectivity index (χ0v) is 11.9. The number of hydrogen-bond acceptors (Lipinski definition) is 4. The van der Waals surface area contributed by atoms with E-state index in [4.69, 9.17) is 21.1 Å². The van der Waals surface area contributed by atoms with Crippen LogP contribution in [0.2, 0.25) is 0 Å². The molecule has 1 rings (SSSR count). The van der Waals surface area contributed by atoms with E-state index in [1.165, 1.54) is 19.2 Å². The average Bonchev–Trinajstić information content (AvgIpc) is 2.39. The number of alkyl halides is 1. The van der Waals surface area contributed by atoms with Crippen molar-refractivity contribution in [2.45, 2.75) is 19.8 Å². The number of methoxy groups -OCH3 is 1. The molecule has 1 unspecified atom stereocenters. The van der Waals surface area contributed by atoms with Crippen LogP contribution in [0.4, 0.5) is 5.69 Å². The van der Waals surface area contributed by atoms with E-state index in [0.717, 1.165) is 12.8 Å². The summed E-state index contributed by atoms with van der Waals surface area (Å²) in [5, 5.41) is 10.7. The first-order valence-electron chi connectivity index (χ1n) is 6.09. The molecule has 1 aromatic rings. The van der Waals surface area contributed by atoms with Crippen molar-refractivity contribution in [2.75, 3.05) is 19.6 Å². The Morgan fingerprint density at radius 3 is 2.68 bits per heavy atom. The third-order valence-corrected chi connectivity index (χ3v) is 3.05. The summed E-state index contributed by atoms with van der Waals surface area (Å²) in [5.41, 5.74) is -0.0142. The fourth-order valence-electron chi connectivity index (χ4n) is 1.59. The number of halogens is 1. The van der Waals surface area contributed by atoms with Crippen molar-refractivity contribution in [3.63, 3.8) is 0 Å². The summed E-state index contributed by atoms with van der Waals surface area (Å²) in [4.78, 5) is 10.2. The van der Waals surface area contributed by atoms with Crippen LogP contribution in [-0.2, 0) is 0 Å². The maximum Gasteiger partial charge on any atom is 0.273 e. The maximum absolute atomic E-state index is 10.7. The number of rotatable bonds is 8. The van der Waals surface area contributed by atoms with E-state index in [-0.39, 0.29) is 5.69 Å². The predicted octanol–water partition coefficient (Wildman–Crippen LogP) is 3.64. The SMILES string of the molecule is COc1cc([N+](=O)[O-])ccc1OCCC(C)CCCl. The highest BCUT2D eigenvalue weighted by Gasteiger charge is 2.12. The second-order valence-electron chi connectivity index (χ2n) is 4.31. The standard InChI is InChI=1S/C13H18ClNO4/c1-10(5-7-14)6-8-19-12-4-3-11(15(16)17)9-13(12)18-2/h3-4,9-10H,5-8H2,1-2H3. The van der Waals surface area contributed by atoms with Crippen LogP contribution in [0.15, 0.2) is 18.2 Å². The monoisotopic (exact) mass is 287 g/mol. The summed E-state index contributed by atoms with van der Waals surface area (Å²) in [6.45, 7) is 2.64. The van der Waals surface area contributed by atoms with E-state index in [0.29, 0.717) is 29.9 Å². The van der Waals surface area contributed by atoms with Crippen molar-refractivity contribution >= 4 is 17.3 Å². The number of hydrogen-bond donors (Lipinski definition) is 0. The molecule has 0 spiro atoms. The molecular weight excluding hydrogens is 270 g/mol. The number of benzene rings is 1. The minimum atomic E-state index is -0.463. The molecule has 19 heavy (non-hydrogen) atoms. The summed E-state index contributed by atoms with van der Waals surface area (Å²) in [5.74, 6) is 2.02. The lowest BCUT2D eigenvalue weighted by Gasteiger charge is -2.13. The first-order chi connectivity index (χ1) is 9.08. The lowest BCUT2D eigenvalue weighted by Crippen LogP contribution is -2.05. The van der Waals surface area contributed by atoms with Crippen LogP contribution < -0.4 is 9.47 Å². The molecule has 0 heterocycles. The molecule has 0 N–H and O–H groups in total. The zero-order chi connectivity index (χ0) is 14.3. The highest BCUT2D eigenvalue weighted by Crippen LogP contribution is 2.31. The molecule has 0 aliphatic rings. The average molecular weight is 288 g/mol. The van der Waals surface area contributed by atoms with Gasteiger partial charge in [0.15, 0.2) is 11.5 Å². The Balaban J connectivity index is 2.60. The van der Waals surface area contributed by atoms with E-state index >= 15 is 0 Å². The number of nitrogens with zero attached hydrogens (tertiary/aromatic N) is 1. The molecular formula is C13H18ClNO4. The van der Waals surface area contributed by atoms with E-state index < -0.39 is 4.92 Å². The van der Waals surface area contributed by atoms with Crippen LogP contribution in [-0.4, -0.2) is 24.5 Å². The number of nitro benzene ring substituents is 1. The van der Waals surface area contributed by atoms with Gasteiger partial charge in [0.1, 0.15) is 0 Å². The predicted molar refractivity (Wildman–Crippen MR) is 74.3 cm³/mol. The summed E-state index contributed by atoms with van der Waals surface area (Å²) >= 11 is 5.66. The normalized spacial score (nSPS) is 11.9. The van der Waals surface area contributed by atoms with Gasteiger partial charge in [0.2, 0.25) is 0 Å². The van der Waals surface area contributed by atoms with Gasteiger partial charge in [-0.15, -0.1) is 11.6 Å². The summed E-state index contributed by atoms with van der Waals surface area (Å²) in [6, 6.07) is 4.32. The molecule has 0 radical (unpaired) electrons. The minimum absolute atomic E-state index is 0.0142. The highest BCUT2D eigenvalue weighted by molar-refractivity contribution is 6.17. The van der Waals surface area contributed by atoms with E-state index in [9.17, 15) is 10.1 Å². The second kappa shape index (κ2) is 7.84. The van der Waals surface area contributed by atoms with Crippen LogP contribution in [0.25, 0.3) is 0 Å². The summed E-state index contributed by atoms with van der Waals surface area (Å²) in [6.07, 6.45) is 1.83. The van der Waals surface area contributed by atoms with E-state index in [1.54, 1.807) is 6.07 Å². The summed E-state index contributed by atoms with van der Waals surface area (Å²) < 4.78 is 10.7. The van der Waals surface area contributed by atoms with Gasteiger partial charge in [-0.25, -0.2) is 0 Å². The third-order valence-electron chi connectivity index (χ3n) is 2.83. The minimum Gasteiger partial charge on any atom is -0.493 e. The molecule has 0 fully saturated rings. The molecule has 1 atom stereocenters. The van der Waals surface area contributed by atoms with Gasteiger partial charge < -0.3 is 9.47 Å². The Kier molecular flexibility index (Phi) is 6.42. The Morgan fingerprint density at radius 2 is 2.11 bits per heavy atom. The Bertz CT molecular complexity index is 425. The van der Waals surface area contributed by atoms with E-state index in [2.05, 4.69) is 6.92 Å². The molecule has 106 valence electrons. The second-order valence-corrected chi connectivity index (χ2v) is 4.69. The molecule has 0 bridgehead atoms. The van der Waals surface area contributed by atoms with Crippen molar-refractivity contribution in [3.05, 3.63) is 28.3 Å². The largest absolute Gasteiger partial charge is 0.493 e. The Morgan fingerprint density at radius 1 is 1.37 bits per heavy atom. The van der Waals surface area contributed by atoms with Crippen LogP contribution >= 0.6 is 11.6 Å². The zero-order valence-electron chi connectivity index (χ0n) is 11.1. The van der Waals surface area contributed by atoms with Gasteiger partial charge in [-0.05, 0) is 24.8 Å². The Hall–Kier alpha value is -1.49. The van der Waals surface area contributed by atoms with Gasteiger partial charge in [-0.2, -0.15) is 0 Å². The van der Waals surface area contributed by atoms with Crippen molar-refractivity contribution < 1.29 is 14.4 Å². The summed E-state index contributed by atoms with van der Waals surface area (Å²) in [7, 11) is 1.46. The molecule has 1 aromatic carbocycles. The van der Waals surface area contributed by atoms with Gasteiger partial charge in [-0.1, -0.05) is 6.92 Å². The smallest absolute Gasteiger partial charge is 0.273 e. The van der Waals surface area contributed by atoms with Gasteiger partial charge in [-0.3, -0.25) is 10.1 Å². The maximum atomic E-state index is 10.7. The van der Waals surface area contributed by atoms with Crippen molar-refractivity contribution in [2.24, 2.45) is 5.92 Å². The van der Waals surface area contributed by atoms with E-state index in [1.807, 2.05) is 0 Å². The van der Waals surface area contributed by atoms with Crippen molar-refractivity contribution in [1.29, 1.82) is 0 Å². The topological polar surface area (TPSA) is 61.6 Å². The molecule has 0 aliphatic heterocycles. The quantitative estimate of drug-likeness (QED) is 0.416. The number of non-ortho nitro benzene ring substituents is 1. The van der Waals surface area contributed by atoms with Crippen LogP contribution in [0.1, 0.15) is 19.8 Å². The molecule has 0 aliphatic carbocycles. The Labute approximate surface area is 117 Å². The van der Waals surface area contributed by atoms with Crippen LogP contribution in [0, 0.1) is 16.0 Å². The van der Waals surface area contributed by atoms with Crippen LogP contribution in [0.5, 0.6) is 11.5 Å².